The Balaban J connectivity index is 1.46. The topological polar surface area (TPSA) is 54.0 Å². The highest BCUT2D eigenvalue weighted by Gasteiger charge is 2.24. The highest BCUT2D eigenvalue weighted by molar-refractivity contribution is 5.74. The number of para-hydroxylation sites is 1. The summed E-state index contributed by atoms with van der Waals surface area (Å²) in [6.45, 7) is 5.48. The molecule has 0 bridgehead atoms. The number of urea groups is 1. The van der Waals surface area contributed by atoms with Crippen LogP contribution >= 0.6 is 0 Å². The molecule has 0 spiro atoms. The van der Waals surface area contributed by atoms with Gasteiger partial charge in [0, 0.05) is 19.7 Å². The van der Waals surface area contributed by atoms with Gasteiger partial charge in [-0.25, -0.2) is 4.79 Å². The number of hydrogen-bond acceptors (Lipinski definition) is 4. The van der Waals surface area contributed by atoms with Crippen LogP contribution in [0, 0.1) is 5.92 Å². The molecule has 27 heavy (non-hydrogen) atoms. The molecule has 0 aliphatic carbocycles. The Hall–Kier alpha value is -1.79. The molecule has 0 saturated carbocycles. The quantitative estimate of drug-likeness (QED) is 0.759. The zero-order valence-electron chi connectivity index (χ0n) is 16.4. The second-order valence-electron chi connectivity index (χ2n) is 7.68. The predicted octanol–water partition coefficient (Wildman–Crippen LogP) is 2.60. The van der Waals surface area contributed by atoms with Gasteiger partial charge in [-0.3, -0.25) is 0 Å². The first-order valence-electron chi connectivity index (χ1n) is 10.2. The van der Waals surface area contributed by atoms with E-state index in [0.29, 0.717) is 25.6 Å². The third-order valence-electron chi connectivity index (χ3n) is 5.49. The monoisotopic (exact) mass is 375 g/mol. The van der Waals surface area contributed by atoms with Crippen LogP contribution in [0.25, 0.3) is 0 Å². The zero-order chi connectivity index (χ0) is 18.9. The summed E-state index contributed by atoms with van der Waals surface area (Å²) in [6.07, 6.45) is 4.56. The summed E-state index contributed by atoms with van der Waals surface area (Å²) in [5, 5.41) is 3.15. The van der Waals surface area contributed by atoms with Gasteiger partial charge in [-0.15, -0.1) is 0 Å². The minimum Gasteiger partial charge on any atom is -0.492 e. The van der Waals surface area contributed by atoms with Gasteiger partial charge in [0.2, 0.25) is 0 Å². The molecule has 2 aliphatic rings. The molecule has 3 rings (SSSR count). The first-order chi connectivity index (χ1) is 13.2. The molecule has 1 atom stereocenters. The van der Waals surface area contributed by atoms with E-state index >= 15 is 0 Å². The van der Waals surface area contributed by atoms with Crippen LogP contribution in [0.15, 0.2) is 30.3 Å². The molecule has 0 aromatic heterocycles. The Morgan fingerprint density at radius 2 is 2.04 bits per heavy atom. The molecule has 0 radical (unpaired) electrons. The zero-order valence-corrected chi connectivity index (χ0v) is 16.4. The molecule has 2 heterocycles. The van der Waals surface area contributed by atoms with Crippen molar-refractivity contribution in [2.45, 2.75) is 31.8 Å². The summed E-state index contributed by atoms with van der Waals surface area (Å²) in [5.41, 5.74) is 0. The Bertz CT molecular complexity index is 555. The van der Waals surface area contributed by atoms with Crippen LogP contribution in [0.2, 0.25) is 0 Å². The minimum absolute atomic E-state index is 0.00101. The standard InChI is InChI=1S/C21H33N3O3/c1-23-11-9-18(10-12-23)16-22-21(25)24(17-20-8-5-14-26-20)13-15-27-19-6-3-2-4-7-19/h2-4,6-7,18,20H,5,8-17H2,1H3,(H,22,25)/t20-/m0/s1. The van der Waals surface area contributed by atoms with E-state index in [-0.39, 0.29) is 12.1 Å². The maximum atomic E-state index is 12.8. The highest BCUT2D eigenvalue weighted by Crippen LogP contribution is 2.16. The molecule has 1 aromatic rings. The van der Waals surface area contributed by atoms with E-state index in [4.69, 9.17) is 9.47 Å². The van der Waals surface area contributed by atoms with Crippen molar-refractivity contribution in [1.82, 2.24) is 15.1 Å². The third kappa shape index (κ3) is 6.70. The van der Waals surface area contributed by atoms with E-state index in [1.165, 1.54) is 0 Å². The number of carbonyl (C=O) groups is 1. The molecule has 2 aliphatic heterocycles. The van der Waals surface area contributed by atoms with Crippen molar-refractivity contribution in [3.63, 3.8) is 0 Å². The number of amides is 2. The number of hydrogen-bond donors (Lipinski definition) is 1. The maximum absolute atomic E-state index is 12.8. The Labute approximate surface area is 162 Å². The van der Waals surface area contributed by atoms with Crippen LogP contribution in [0.3, 0.4) is 0 Å². The molecule has 2 fully saturated rings. The van der Waals surface area contributed by atoms with Gasteiger partial charge in [0.25, 0.3) is 0 Å². The molecule has 2 saturated heterocycles. The molecule has 6 nitrogen and oxygen atoms in total. The van der Waals surface area contributed by atoms with E-state index in [0.717, 1.165) is 57.7 Å². The van der Waals surface area contributed by atoms with Gasteiger partial charge in [-0.2, -0.15) is 0 Å². The van der Waals surface area contributed by atoms with Gasteiger partial charge < -0.3 is 24.6 Å². The van der Waals surface area contributed by atoms with Crippen LogP contribution in [-0.4, -0.2) is 74.9 Å². The summed E-state index contributed by atoms with van der Waals surface area (Å²) in [5.74, 6) is 1.41. The van der Waals surface area contributed by atoms with Gasteiger partial charge in [-0.1, -0.05) is 18.2 Å². The summed E-state index contributed by atoms with van der Waals surface area (Å²) < 4.78 is 11.5. The lowest BCUT2D eigenvalue weighted by Crippen LogP contribution is -2.47. The molecular weight excluding hydrogens is 342 g/mol. The Morgan fingerprint density at radius 3 is 2.74 bits per heavy atom. The summed E-state index contributed by atoms with van der Waals surface area (Å²) >= 11 is 0. The average molecular weight is 376 g/mol. The van der Waals surface area contributed by atoms with Gasteiger partial charge in [0.15, 0.2) is 0 Å². The molecule has 2 amide bonds. The lowest BCUT2D eigenvalue weighted by atomic mass is 9.97. The number of benzene rings is 1. The van der Waals surface area contributed by atoms with Crippen molar-refractivity contribution in [3.05, 3.63) is 30.3 Å². The molecule has 6 heteroatoms. The fourth-order valence-electron chi connectivity index (χ4n) is 3.71. The maximum Gasteiger partial charge on any atom is 0.317 e. The average Bonchev–Trinajstić information content (AvgIpc) is 3.20. The summed E-state index contributed by atoms with van der Waals surface area (Å²) in [4.78, 5) is 17.0. The highest BCUT2D eigenvalue weighted by atomic mass is 16.5. The van der Waals surface area contributed by atoms with Crippen LogP contribution < -0.4 is 10.1 Å². The fraction of sp³-hybridized carbons (Fsp3) is 0.667. The van der Waals surface area contributed by atoms with E-state index in [2.05, 4.69) is 17.3 Å². The normalized spacial score (nSPS) is 21.1. The largest absolute Gasteiger partial charge is 0.492 e. The third-order valence-corrected chi connectivity index (χ3v) is 5.49. The van der Waals surface area contributed by atoms with Crippen LogP contribution in [-0.2, 0) is 4.74 Å². The van der Waals surface area contributed by atoms with Gasteiger partial charge in [0.1, 0.15) is 12.4 Å². The predicted molar refractivity (Wildman–Crippen MR) is 106 cm³/mol. The van der Waals surface area contributed by atoms with Gasteiger partial charge in [0.05, 0.1) is 12.6 Å². The fourth-order valence-corrected chi connectivity index (χ4v) is 3.71. The van der Waals surface area contributed by atoms with Crippen molar-refractivity contribution < 1.29 is 14.3 Å². The molecule has 1 aromatic carbocycles. The molecular formula is C21H33N3O3. The number of nitrogens with zero attached hydrogens (tertiary/aromatic N) is 2. The molecule has 0 unspecified atom stereocenters. The van der Waals surface area contributed by atoms with Crippen molar-refractivity contribution in [2.75, 3.05) is 53.0 Å². The number of carbonyl (C=O) groups excluding carboxylic acids is 1. The first-order valence-corrected chi connectivity index (χ1v) is 10.2. The van der Waals surface area contributed by atoms with Crippen molar-refractivity contribution in [2.24, 2.45) is 5.92 Å². The van der Waals surface area contributed by atoms with E-state index in [1.54, 1.807) is 0 Å². The SMILES string of the molecule is CN1CCC(CNC(=O)N(CCOc2ccccc2)C[C@@H]2CCCO2)CC1. The lowest BCUT2D eigenvalue weighted by molar-refractivity contribution is 0.0770. The smallest absolute Gasteiger partial charge is 0.317 e. The number of ether oxygens (including phenoxy) is 2. The van der Waals surface area contributed by atoms with Crippen molar-refractivity contribution >= 4 is 6.03 Å². The second-order valence-corrected chi connectivity index (χ2v) is 7.68. The van der Waals surface area contributed by atoms with Gasteiger partial charge >= 0.3 is 6.03 Å². The number of rotatable bonds is 8. The van der Waals surface area contributed by atoms with E-state index in [9.17, 15) is 4.79 Å². The summed E-state index contributed by atoms with van der Waals surface area (Å²) in [6, 6.07) is 9.74. The molecule has 150 valence electrons. The number of nitrogens with one attached hydrogen (secondary N) is 1. The first kappa shape index (κ1) is 20.0. The van der Waals surface area contributed by atoms with Gasteiger partial charge in [-0.05, 0) is 63.9 Å². The van der Waals surface area contributed by atoms with Crippen molar-refractivity contribution in [1.29, 1.82) is 0 Å². The van der Waals surface area contributed by atoms with Crippen LogP contribution in [0.1, 0.15) is 25.7 Å². The number of piperidine rings is 1. The van der Waals surface area contributed by atoms with Crippen LogP contribution in [0.5, 0.6) is 5.75 Å². The second kappa shape index (κ2) is 10.5. The lowest BCUT2D eigenvalue weighted by Gasteiger charge is -2.30. The Kier molecular flexibility index (Phi) is 7.78. The van der Waals surface area contributed by atoms with Crippen LogP contribution in [0.4, 0.5) is 4.79 Å². The number of likely N-dealkylation sites (tertiary alicyclic amines) is 1. The minimum atomic E-state index is 0.00101. The molecule has 1 N–H and O–H groups in total. The van der Waals surface area contributed by atoms with E-state index < -0.39 is 0 Å². The van der Waals surface area contributed by atoms with Crippen molar-refractivity contribution in [3.8, 4) is 5.75 Å². The Morgan fingerprint density at radius 1 is 1.26 bits per heavy atom. The summed E-state index contributed by atoms with van der Waals surface area (Å²) in [7, 11) is 2.16. The van der Waals surface area contributed by atoms with E-state index in [1.807, 2.05) is 35.2 Å².